The molecule has 0 aliphatic rings. The van der Waals surface area contributed by atoms with Crippen molar-refractivity contribution in [2.45, 2.75) is 52.7 Å². The number of rotatable bonds is 8. The molecular formula is C23H27NO2. The van der Waals surface area contributed by atoms with E-state index in [4.69, 9.17) is 4.74 Å². The molecule has 1 unspecified atom stereocenters. The summed E-state index contributed by atoms with van der Waals surface area (Å²) >= 11 is 0. The van der Waals surface area contributed by atoms with Crippen LogP contribution in [0.3, 0.4) is 0 Å². The van der Waals surface area contributed by atoms with Crippen molar-refractivity contribution in [2.75, 3.05) is 0 Å². The Morgan fingerprint density at radius 1 is 1.15 bits per heavy atom. The Morgan fingerprint density at radius 3 is 2.62 bits per heavy atom. The highest BCUT2D eigenvalue weighted by molar-refractivity contribution is 6.00. The van der Waals surface area contributed by atoms with Crippen molar-refractivity contribution in [1.82, 2.24) is 4.57 Å². The fourth-order valence-electron chi connectivity index (χ4n) is 3.58. The summed E-state index contributed by atoms with van der Waals surface area (Å²) in [6.07, 6.45) is 4.21. The molecule has 3 aromatic rings. The van der Waals surface area contributed by atoms with E-state index in [-0.39, 0.29) is 6.10 Å². The van der Waals surface area contributed by atoms with Gasteiger partial charge in [0.05, 0.1) is 6.10 Å². The topological polar surface area (TPSA) is 31.2 Å². The number of benzene rings is 2. The number of fused-ring (bicyclic) bond motifs is 1. The number of carbonyl (C=O) groups excluding carboxylic acids is 1. The molecule has 0 aliphatic heterocycles. The molecule has 3 rings (SSSR count). The van der Waals surface area contributed by atoms with Gasteiger partial charge in [-0.25, -0.2) is 0 Å². The molecule has 0 radical (unpaired) electrons. The Hall–Kier alpha value is -2.55. The third-order valence-corrected chi connectivity index (χ3v) is 4.96. The number of nitrogens with zero attached hydrogens (tertiary/aromatic N) is 1. The Kier molecular flexibility index (Phi) is 5.77. The van der Waals surface area contributed by atoms with Crippen molar-refractivity contribution < 1.29 is 9.53 Å². The van der Waals surface area contributed by atoms with Crippen molar-refractivity contribution in [2.24, 2.45) is 0 Å². The summed E-state index contributed by atoms with van der Waals surface area (Å²) in [7, 11) is 0. The molecule has 2 aromatic carbocycles. The first-order chi connectivity index (χ1) is 12.6. The van der Waals surface area contributed by atoms with Gasteiger partial charge in [0.2, 0.25) is 0 Å². The molecule has 0 spiro atoms. The smallest absolute Gasteiger partial charge is 0.152 e. The summed E-state index contributed by atoms with van der Waals surface area (Å²) in [5.41, 5.74) is 4.18. The normalized spacial score (nSPS) is 12.3. The van der Waals surface area contributed by atoms with Gasteiger partial charge in [0.15, 0.2) is 6.29 Å². The molecule has 0 amide bonds. The van der Waals surface area contributed by atoms with Crippen LogP contribution < -0.4 is 4.74 Å². The molecule has 1 atom stereocenters. The number of aryl methyl sites for hydroxylation is 2. The zero-order chi connectivity index (χ0) is 18.5. The minimum Gasteiger partial charge on any atom is -0.491 e. The lowest BCUT2D eigenvalue weighted by molar-refractivity contribution is 0.112. The van der Waals surface area contributed by atoms with Crippen LogP contribution in [0.2, 0.25) is 0 Å². The van der Waals surface area contributed by atoms with Gasteiger partial charge in [-0.05, 0) is 50.5 Å². The van der Waals surface area contributed by atoms with Crippen LogP contribution in [0, 0.1) is 6.92 Å². The molecule has 26 heavy (non-hydrogen) atoms. The average molecular weight is 349 g/mol. The zero-order valence-electron chi connectivity index (χ0n) is 15.9. The third-order valence-electron chi connectivity index (χ3n) is 4.96. The predicted octanol–water partition coefficient (Wildman–Crippen LogP) is 5.57. The Bertz CT molecular complexity index is 880. The van der Waals surface area contributed by atoms with Gasteiger partial charge in [0.1, 0.15) is 5.75 Å². The van der Waals surface area contributed by atoms with Gasteiger partial charge in [0.25, 0.3) is 0 Å². The molecule has 0 aliphatic carbocycles. The minimum atomic E-state index is 0.179. The van der Waals surface area contributed by atoms with E-state index < -0.39 is 0 Å². The van der Waals surface area contributed by atoms with E-state index in [1.165, 1.54) is 5.56 Å². The molecular weight excluding hydrogens is 322 g/mol. The number of carbonyl (C=O) groups is 1. The van der Waals surface area contributed by atoms with Gasteiger partial charge in [-0.1, -0.05) is 43.7 Å². The molecule has 1 heterocycles. The summed E-state index contributed by atoms with van der Waals surface area (Å²) in [5.74, 6) is 0.835. The molecule has 0 bridgehead atoms. The molecule has 3 heteroatoms. The second kappa shape index (κ2) is 8.22. The lowest BCUT2D eigenvalue weighted by Gasteiger charge is -2.14. The van der Waals surface area contributed by atoms with Crippen molar-refractivity contribution in [3.05, 3.63) is 65.4 Å². The molecule has 1 aromatic heterocycles. The second-order valence-electron chi connectivity index (χ2n) is 6.90. The van der Waals surface area contributed by atoms with Gasteiger partial charge in [-0.15, -0.1) is 0 Å². The largest absolute Gasteiger partial charge is 0.491 e. The van der Waals surface area contributed by atoms with Crippen molar-refractivity contribution in [3.63, 3.8) is 0 Å². The average Bonchev–Trinajstić information content (AvgIpc) is 2.91. The second-order valence-corrected chi connectivity index (χ2v) is 6.90. The van der Waals surface area contributed by atoms with Crippen LogP contribution in [-0.2, 0) is 13.0 Å². The maximum absolute atomic E-state index is 11.7. The van der Waals surface area contributed by atoms with Gasteiger partial charge >= 0.3 is 0 Å². The molecule has 0 saturated heterocycles. The van der Waals surface area contributed by atoms with Crippen LogP contribution in [0.15, 0.2) is 48.5 Å². The van der Waals surface area contributed by atoms with Crippen molar-refractivity contribution in [3.8, 4) is 5.75 Å². The summed E-state index contributed by atoms with van der Waals surface area (Å²) < 4.78 is 8.26. The van der Waals surface area contributed by atoms with Crippen molar-refractivity contribution >= 4 is 17.2 Å². The predicted molar refractivity (Wildman–Crippen MR) is 107 cm³/mol. The third kappa shape index (κ3) is 3.82. The lowest BCUT2D eigenvalue weighted by Crippen LogP contribution is -2.10. The maximum atomic E-state index is 11.7. The Morgan fingerprint density at radius 2 is 1.92 bits per heavy atom. The van der Waals surface area contributed by atoms with Crippen molar-refractivity contribution in [1.29, 1.82) is 0 Å². The van der Waals surface area contributed by atoms with Crippen LogP contribution >= 0.6 is 0 Å². The van der Waals surface area contributed by atoms with Gasteiger partial charge in [-0.3, -0.25) is 4.79 Å². The highest BCUT2D eigenvalue weighted by atomic mass is 16.5. The van der Waals surface area contributed by atoms with Crippen LogP contribution in [0.4, 0.5) is 0 Å². The van der Waals surface area contributed by atoms with Gasteiger partial charge in [-0.2, -0.15) is 0 Å². The zero-order valence-corrected chi connectivity index (χ0v) is 15.9. The molecule has 0 fully saturated rings. The number of aldehydes is 1. The van der Waals surface area contributed by atoms with E-state index in [9.17, 15) is 4.79 Å². The number of hydrogen-bond donors (Lipinski definition) is 0. The molecule has 136 valence electrons. The Balaban J connectivity index is 1.91. The molecule has 0 N–H and O–H groups in total. The highest BCUT2D eigenvalue weighted by Gasteiger charge is 2.15. The first-order valence-corrected chi connectivity index (χ1v) is 9.42. The van der Waals surface area contributed by atoms with Crippen LogP contribution in [0.1, 0.15) is 48.3 Å². The SMILES string of the molecule is CCCC(C)Oc1ccc2c(c1)c(C=O)c(C)n2CCc1ccccc1. The summed E-state index contributed by atoms with van der Waals surface area (Å²) in [5, 5.41) is 0.978. The lowest BCUT2D eigenvalue weighted by atomic mass is 10.1. The minimum absolute atomic E-state index is 0.179. The van der Waals surface area contributed by atoms with E-state index in [0.717, 1.165) is 60.0 Å². The highest BCUT2D eigenvalue weighted by Crippen LogP contribution is 2.29. The quantitative estimate of drug-likeness (QED) is 0.498. The molecule has 0 saturated carbocycles. The summed E-state index contributed by atoms with van der Waals surface area (Å²) in [4.78, 5) is 11.7. The molecule has 3 nitrogen and oxygen atoms in total. The first-order valence-electron chi connectivity index (χ1n) is 9.42. The number of aromatic nitrogens is 1. The first kappa shape index (κ1) is 18.2. The van der Waals surface area contributed by atoms with E-state index in [1.807, 2.05) is 25.1 Å². The summed E-state index contributed by atoms with van der Waals surface area (Å²) in [6, 6.07) is 16.5. The standard InChI is InChI=1S/C23H27NO2/c1-4-8-17(2)26-20-11-12-23-21(15-20)22(16-25)18(3)24(23)14-13-19-9-6-5-7-10-19/h5-7,9-12,15-17H,4,8,13-14H2,1-3H3. The van der Waals surface area contributed by atoms with E-state index in [1.54, 1.807) is 0 Å². The van der Waals surface area contributed by atoms with E-state index >= 15 is 0 Å². The maximum Gasteiger partial charge on any atom is 0.152 e. The summed E-state index contributed by atoms with van der Waals surface area (Å²) in [6.45, 7) is 7.12. The van der Waals surface area contributed by atoms with Crippen LogP contribution in [0.5, 0.6) is 5.75 Å². The van der Waals surface area contributed by atoms with E-state index in [0.29, 0.717) is 0 Å². The van der Waals surface area contributed by atoms with E-state index in [2.05, 4.69) is 48.7 Å². The Labute approximate surface area is 155 Å². The number of ether oxygens (including phenoxy) is 1. The fraction of sp³-hybridized carbons (Fsp3) is 0.348. The van der Waals surface area contributed by atoms with Gasteiger partial charge in [0, 0.05) is 28.7 Å². The van der Waals surface area contributed by atoms with Crippen LogP contribution in [-0.4, -0.2) is 17.0 Å². The monoisotopic (exact) mass is 349 g/mol. The fourth-order valence-corrected chi connectivity index (χ4v) is 3.58. The number of hydrogen-bond acceptors (Lipinski definition) is 2. The van der Waals surface area contributed by atoms with Gasteiger partial charge < -0.3 is 9.30 Å². The van der Waals surface area contributed by atoms with Crippen LogP contribution in [0.25, 0.3) is 10.9 Å².